The van der Waals surface area contributed by atoms with Gasteiger partial charge in [-0.3, -0.25) is 4.79 Å². The summed E-state index contributed by atoms with van der Waals surface area (Å²) < 4.78 is 24.9. The standard InChI is InChI=1S/C19H27FN6O3/c1-4-15(11(2)21)25-19-14(20)10-13(17(22)27)18(26-19)24-12-5-6-23-16(9-12)29-8-7-28-3/h5-6,9-11,15H,4,7-8,21H2,1-3H3,(H2,22,27)(H2,23,24,25,26)/t11-,15+/m0/s1. The third-order valence-electron chi connectivity index (χ3n) is 4.17. The summed E-state index contributed by atoms with van der Waals surface area (Å²) in [5.74, 6) is -1.06. The fourth-order valence-corrected chi connectivity index (χ4v) is 2.59. The Morgan fingerprint density at radius 1 is 1.31 bits per heavy atom. The minimum atomic E-state index is -0.810. The van der Waals surface area contributed by atoms with E-state index >= 15 is 0 Å². The molecule has 0 aliphatic carbocycles. The average molecular weight is 406 g/mol. The lowest BCUT2D eigenvalue weighted by molar-refractivity contribution is 0.100. The van der Waals surface area contributed by atoms with Crippen LogP contribution in [0, 0.1) is 5.82 Å². The molecule has 0 bridgehead atoms. The summed E-state index contributed by atoms with van der Waals surface area (Å²) in [4.78, 5) is 20.1. The number of methoxy groups -OCH3 is 1. The number of halogens is 1. The zero-order chi connectivity index (χ0) is 21.4. The Balaban J connectivity index is 2.31. The fourth-order valence-electron chi connectivity index (χ4n) is 2.59. The first-order chi connectivity index (χ1) is 13.8. The highest BCUT2D eigenvalue weighted by Crippen LogP contribution is 2.25. The van der Waals surface area contributed by atoms with Crippen LogP contribution in [0.4, 0.5) is 21.7 Å². The van der Waals surface area contributed by atoms with Crippen LogP contribution in [0.25, 0.3) is 0 Å². The Hall–Kier alpha value is -2.98. The molecule has 0 saturated heterocycles. The van der Waals surface area contributed by atoms with Crippen LogP contribution >= 0.6 is 0 Å². The molecule has 0 aliphatic rings. The van der Waals surface area contributed by atoms with E-state index in [2.05, 4.69) is 20.6 Å². The van der Waals surface area contributed by atoms with Gasteiger partial charge in [-0.05, 0) is 25.5 Å². The number of hydrogen-bond acceptors (Lipinski definition) is 8. The topological polar surface area (TPSA) is 137 Å². The first-order valence-electron chi connectivity index (χ1n) is 9.23. The van der Waals surface area contributed by atoms with Gasteiger partial charge in [0.2, 0.25) is 5.88 Å². The SMILES string of the molecule is CC[C@@H](Nc1nc(Nc2ccnc(OCCOC)c2)c(C(N)=O)cc1F)[C@H](C)N. The van der Waals surface area contributed by atoms with Gasteiger partial charge in [0.25, 0.3) is 5.91 Å². The molecule has 6 N–H and O–H groups in total. The second-order valence-electron chi connectivity index (χ2n) is 6.45. The van der Waals surface area contributed by atoms with Crippen molar-refractivity contribution in [2.24, 2.45) is 11.5 Å². The largest absolute Gasteiger partial charge is 0.475 e. The minimum Gasteiger partial charge on any atom is -0.475 e. The van der Waals surface area contributed by atoms with Crippen molar-refractivity contribution in [1.29, 1.82) is 0 Å². The van der Waals surface area contributed by atoms with E-state index in [-0.39, 0.29) is 29.3 Å². The van der Waals surface area contributed by atoms with E-state index in [9.17, 15) is 9.18 Å². The number of aromatic nitrogens is 2. The number of rotatable bonds is 11. The maximum atomic E-state index is 14.5. The van der Waals surface area contributed by atoms with Crippen LogP contribution in [0.2, 0.25) is 0 Å². The van der Waals surface area contributed by atoms with Gasteiger partial charge in [-0.2, -0.15) is 0 Å². The highest BCUT2D eigenvalue weighted by Gasteiger charge is 2.19. The Bertz CT molecular complexity index is 834. The van der Waals surface area contributed by atoms with Crippen LogP contribution in [0.15, 0.2) is 24.4 Å². The molecule has 2 heterocycles. The van der Waals surface area contributed by atoms with E-state index in [0.29, 0.717) is 31.2 Å². The number of nitrogens with one attached hydrogen (secondary N) is 2. The summed E-state index contributed by atoms with van der Waals surface area (Å²) in [6.07, 6.45) is 2.20. The maximum Gasteiger partial charge on any atom is 0.252 e. The van der Waals surface area contributed by atoms with E-state index in [4.69, 9.17) is 20.9 Å². The van der Waals surface area contributed by atoms with E-state index in [0.717, 1.165) is 6.07 Å². The van der Waals surface area contributed by atoms with Gasteiger partial charge < -0.3 is 31.6 Å². The molecule has 10 heteroatoms. The first-order valence-corrected chi connectivity index (χ1v) is 9.23. The third kappa shape index (κ3) is 6.26. The summed E-state index contributed by atoms with van der Waals surface area (Å²) in [6, 6.07) is 3.91. The highest BCUT2D eigenvalue weighted by molar-refractivity contribution is 5.98. The Labute approximate surface area is 169 Å². The number of nitrogens with two attached hydrogens (primary N) is 2. The second kappa shape index (κ2) is 10.5. The van der Waals surface area contributed by atoms with Gasteiger partial charge in [0.1, 0.15) is 12.4 Å². The number of hydrogen-bond donors (Lipinski definition) is 4. The zero-order valence-corrected chi connectivity index (χ0v) is 16.7. The van der Waals surface area contributed by atoms with Crippen molar-refractivity contribution in [3.63, 3.8) is 0 Å². The van der Waals surface area contributed by atoms with Crippen LogP contribution in [0.3, 0.4) is 0 Å². The number of nitrogens with zero attached hydrogens (tertiary/aromatic N) is 2. The summed E-state index contributed by atoms with van der Waals surface area (Å²) in [5, 5.41) is 5.95. The lowest BCUT2D eigenvalue weighted by Gasteiger charge is -2.22. The maximum absolute atomic E-state index is 14.5. The van der Waals surface area contributed by atoms with Crippen LogP contribution in [0.5, 0.6) is 5.88 Å². The quantitative estimate of drug-likeness (QED) is 0.416. The van der Waals surface area contributed by atoms with Gasteiger partial charge in [-0.1, -0.05) is 6.92 Å². The molecule has 0 radical (unpaired) electrons. The van der Waals surface area contributed by atoms with Gasteiger partial charge in [-0.15, -0.1) is 0 Å². The monoisotopic (exact) mass is 406 g/mol. The van der Waals surface area contributed by atoms with Gasteiger partial charge in [0, 0.05) is 37.1 Å². The highest BCUT2D eigenvalue weighted by atomic mass is 19.1. The van der Waals surface area contributed by atoms with Gasteiger partial charge in [0.05, 0.1) is 12.2 Å². The minimum absolute atomic E-state index is 0.0210. The van der Waals surface area contributed by atoms with Crippen LogP contribution < -0.4 is 26.8 Å². The lowest BCUT2D eigenvalue weighted by Crippen LogP contribution is -2.38. The summed E-state index contributed by atoms with van der Waals surface area (Å²) >= 11 is 0. The summed E-state index contributed by atoms with van der Waals surface area (Å²) in [5.41, 5.74) is 11.8. The van der Waals surface area contributed by atoms with Crippen molar-refractivity contribution in [3.05, 3.63) is 35.8 Å². The predicted octanol–water partition coefficient (Wildman–Crippen LogP) is 2.02. The van der Waals surface area contributed by atoms with Crippen LogP contribution in [-0.2, 0) is 4.74 Å². The van der Waals surface area contributed by atoms with E-state index in [1.807, 2.05) is 13.8 Å². The molecular weight excluding hydrogens is 379 g/mol. The van der Waals surface area contributed by atoms with Crippen molar-refractivity contribution in [2.75, 3.05) is 31.0 Å². The number of primary amides is 1. The van der Waals surface area contributed by atoms with Gasteiger partial charge in [0.15, 0.2) is 11.6 Å². The molecule has 2 rings (SSSR count). The summed E-state index contributed by atoms with van der Waals surface area (Å²) in [7, 11) is 1.57. The summed E-state index contributed by atoms with van der Waals surface area (Å²) in [6.45, 7) is 4.49. The molecule has 9 nitrogen and oxygen atoms in total. The number of pyridine rings is 2. The first kappa shape index (κ1) is 22.3. The molecule has 0 unspecified atom stereocenters. The Morgan fingerprint density at radius 3 is 2.69 bits per heavy atom. The van der Waals surface area contributed by atoms with Crippen molar-refractivity contribution in [2.45, 2.75) is 32.4 Å². The normalized spacial score (nSPS) is 12.9. The molecule has 1 amide bonds. The molecule has 2 atom stereocenters. The number of carbonyl (C=O) groups is 1. The fraction of sp³-hybridized carbons (Fsp3) is 0.421. The van der Waals surface area contributed by atoms with E-state index in [1.54, 1.807) is 19.2 Å². The number of amides is 1. The molecule has 2 aromatic heterocycles. The van der Waals surface area contributed by atoms with Crippen molar-refractivity contribution in [3.8, 4) is 5.88 Å². The smallest absolute Gasteiger partial charge is 0.252 e. The molecule has 158 valence electrons. The molecule has 0 saturated carbocycles. The Morgan fingerprint density at radius 2 is 2.07 bits per heavy atom. The van der Waals surface area contributed by atoms with Crippen molar-refractivity contribution in [1.82, 2.24) is 9.97 Å². The number of ether oxygens (including phenoxy) is 2. The lowest BCUT2D eigenvalue weighted by atomic mass is 10.1. The molecular formula is C19H27FN6O3. The third-order valence-corrected chi connectivity index (χ3v) is 4.17. The number of carbonyl (C=O) groups excluding carboxylic acids is 1. The molecule has 0 fully saturated rings. The van der Waals surface area contributed by atoms with Crippen molar-refractivity contribution >= 4 is 23.2 Å². The van der Waals surface area contributed by atoms with E-state index < -0.39 is 11.7 Å². The molecule has 0 aliphatic heterocycles. The van der Waals surface area contributed by atoms with Crippen molar-refractivity contribution < 1.29 is 18.7 Å². The number of anilines is 3. The van der Waals surface area contributed by atoms with E-state index in [1.165, 1.54) is 6.20 Å². The molecule has 0 aromatic carbocycles. The Kier molecular flexibility index (Phi) is 8.10. The van der Waals surface area contributed by atoms with Crippen LogP contribution in [-0.4, -0.2) is 48.3 Å². The second-order valence-corrected chi connectivity index (χ2v) is 6.45. The molecule has 29 heavy (non-hydrogen) atoms. The van der Waals surface area contributed by atoms with Gasteiger partial charge in [-0.25, -0.2) is 14.4 Å². The van der Waals surface area contributed by atoms with Crippen LogP contribution in [0.1, 0.15) is 30.6 Å². The predicted molar refractivity (Wildman–Crippen MR) is 109 cm³/mol. The molecule has 2 aromatic rings. The van der Waals surface area contributed by atoms with Gasteiger partial charge >= 0.3 is 0 Å². The zero-order valence-electron chi connectivity index (χ0n) is 16.7. The average Bonchev–Trinajstić information content (AvgIpc) is 2.68. The molecule has 0 spiro atoms.